The molecule has 0 aliphatic rings. The summed E-state index contributed by atoms with van der Waals surface area (Å²) < 4.78 is 9.23. The molecule has 0 saturated carbocycles. The van der Waals surface area contributed by atoms with Crippen molar-refractivity contribution in [1.82, 2.24) is 20.6 Å². The zero-order chi connectivity index (χ0) is 21.8. The van der Waals surface area contributed by atoms with E-state index in [1.54, 1.807) is 0 Å². The minimum absolute atomic E-state index is 0.0187. The van der Waals surface area contributed by atoms with Crippen LogP contribution >= 0.6 is 0 Å². The van der Waals surface area contributed by atoms with Crippen LogP contribution in [0.4, 0.5) is 29.0 Å². The molecule has 2 heterocycles. The van der Waals surface area contributed by atoms with Crippen molar-refractivity contribution in [3.63, 3.8) is 0 Å². The highest BCUT2D eigenvalue weighted by molar-refractivity contribution is 5.94. The normalized spacial score (nSPS) is 11.5. The summed E-state index contributed by atoms with van der Waals surface area (Å²) in [6, 6.07) is 5.34. The number of benzene rings is 1. The van der Waals surface area contributed by atoms with Gasteiger partial charge in [-0.25, -0.2) is 9.26 Å². The quantitative estimate of drug-likeness (QED) is 0.280. The molecule has 0 fully saturated rings. The van der Waals surface area contributed by atoms with E-state index in [2.05, 4.69) is 40.5 Å². The zero-order valence-corrected chi connectivity index (χ0v) is 15.6. The molecule has 0 radical (unpaired) electrons. The number of nitro benzene ring substituents is 1. The molecule has 2 amide bonds. The maximum atomic E-state index is 12.5. The summed E-state index contributed by atoms with van der Waals surface area (Å²) in [7, 11) is 0. The van der Waals surface area contributed by atoms with E-state index in [-0.39, 0.29) is 29.0 Å². The van der Waals surface area contributed by atoms with E-state index < -0.39 is 22.9 Å². The lowest BCUT2D eigenvalue weighted by Gasteiger charge is -2.29. The Hall–Kier alpha value is -4.56. The van der Waals surface area contributed by atoms with Gasteiger partial charge in [0.1, 0.15) is 6.17 Å². The van der Waals surface area contributed by atoms with Crippen LogP contribution in [0.1, 0.15) is 25.6 Å². The Kier molecular flexibility index (Phi) is 5.52. The number of amides is 2. The van der Waals surface area contributed by atoms with E-state index in [9.17, 15) is 19.7 Å². The first-order valence-electron chi connectivity index (χ1n) is 8.26. The van der Waals surface area contributed by atoms with Crippen LogP contribution in [-0.2, 0) is 9.59 Å². The molecule has 3 rings (SSSR count). The second-order valence-corrected chi connectivity index (χ2v) is 5.90. The number of nitrogens with one attached hydrogen (secondary N) is 2. The average Bonchev–Trinajstić information content (AvgIpc) is 3.30. The highest BCUT2D eigenvalue weighted by Crippen LogP contribution is 2.32. The van der Waals surface area contributed by atoms with E-state index in [1.165, 1.54) is 38.1 Å². The van der Waals surface area contributed by atoms with Crippen molar-refractivity contribution in [1.29, 1.82) is 0 Å². The maximum Gasteiger partial charge on any atom is 0.269 e. The molecule has 0 aliphatic carbocycles. The van der Waals surface area contributed by atoms with Crippen LogP contribution < -0.4 is 21.3 Å². The molecule has 0 bridgehead atoms. The molecule has 30 heavy (non-hydrogen) atoms. The van der Waals surface area contributed by atoms with E-state index >= 15 is 0 Å². The van der Waals surface area contributed by atoms with Crippen molar-refractivity contribution in [3.8, 4) is 0 Å². The van der Waals surface area contributed by atoms with Crippen LogP contribution in [0.25, 0.3) is 0 Å². The molecule has 15 heteroatoms. The monoisotopic (exact) mass is 417 g/mol. The first-order chi connectivity index (χ1) is 14.3. The number of nitrogens with zero attached hydrogens (tertiary/aromatic N) is 6. The number of nitro groups is 1. The summed E-state index contributed by atoms with van der Waals surface area (Å²) in [5, 5.41) is 30.6. The molecular formula is C15H15N9O6. The van der Waals surface area contributed by atoms with Gasteiger partial charge in [0.15, 0.2) is 0 Å². The molecule has 0 aliphatic heterocycles. The number of aromatic nitrogens is 4. The van der Waals surface area contributed by atoms with Gasteiger partial charge in [-0.15, -0.1) is 0 Å². The van der Waals surface area contributed by atoms with Gasteiger partial charge in [-0.2, -0.15) is 0 Å². The Morgan fingerprint density at radius 2 is 1.73 bits per heavy atom. The van der Waals surface area contributed by atoms with Crippen molar-refractivity contribution in [2.24, 2.45) is 0 Å². The van der Waals surface area contributed by atoms with Gasteiger partial charge in [0.25, 0.3) is 5.69 Å². The lowest BCUT2D eigenvalue weighted by atomic mass is 10.1. The number of carbonyl (C=O) groups excluding carboxylic acids is 2. The topological polar surface area (TPSA) is 208 Å². The van der Waals surface area contributed by atoms with Gasteiger partial charge in [-0.05, 0) is 38.3 Å². The molecule has 0 saturated heterocycles. The van der Waals surface area contributed by atoms with Crippen molar-refractivity contribution in [2.45, 2.75) is 20.0 Å². The standard InChI is InChI=1S/C15H15N9O6/c1-7(25)17-12-13(21-30-20-12)18-14(9-3-5-10(6-4-9)24(27)28)23(8(2)26)15-11(16)19-29-22-15/h3-6,14H,1-2H3,(H2,16,19)(H,18,21)(H,17,20,25). The lowest BCUT2D eigenvalue weighted by Crippen LogP contribution is -2.38. The van der Waals surface area contributed by atoms with E-state index in [1.807, 2.05) is 0 Å². The highest BCUT2D eigenvalue weighted by atomic mass is 16.6. The van der Waals surface area contributed by atoms with Crippen molar-refractivity contribution in [2.75, 3.05) is 21.3 Å². The Morgan fingerprint density at radius 3 is 2.27 bits per heavy atom. The Bertz CT molecular complexity index is 1080. The number of nitrogens with two attached hydrogens (primary N) is 1. The van der Waals surface area contributed by atoms with Gasteiger partial charge in [0.2, 0.25) is 35.1 Å². The largest absolute Gasteiger partial charge is 0.378 e. The Labute approximate surface area is 167 Å². The minimum Gasteiger partial charge on any atom is -0.378 e. The minimum atomic E-state index is -1.06. The number of rotatable bonds is 7. The van der Waals surface area contributed by atoms with Crippen molar-refractivity contribution >= 4 is 40.8 Å². The fourth-order valence-corrected chi connectivity index (χ4v) is 2.55. The van der Waals surface area contributed by atoms with Gasteiger partial charge in [-0.1, -0.05) is 0 Å². The zero-order valence-electron chi connectivity index (χ0n) is 15.6. The maximum absolute atomic E-state index is 12.5. The summed E-state index contributed by atoms with van der Waals surface area (Å²) >= 11 is 0. The van der Waals surface area contributed by atoms with Gasteiger partial charge in [0.05, 0.1) is 4.92 Å². The van der Waals surface area contributed by atoms with Crippen LogP contribution in [-0.4, -0.2) is 37.4 Å². The summed E-state index contributed by atoms with van der Waals surface area (Å²) in [4.78, 5) is 35.3. The van der Waals surface area contributed by atoms with Gasteiger partial charge >= 0.3 is 0 Å². The SMILES string of the molecule is CC(=O)Nc1nonc1NC(c1ccc([N+](=O)[O-])cc1)N(C(C)=O)c1nonc1N. The number of hydrogen-bond acceptors (Lipinski definition) is 12. The summed E-state index contributed by atoms with van der Waals surface area (Å²) in [6.45, 7) is 2.50. The van der Waals surface area contributed by atoms with E-state index in [4.69, 9.17) is 5.73 Å². The fraction of sp³-hybridized carbons (Fsp3) is 0.200. The second kappa shape index (κ2) is 8.21. The third-order valence-electron chi connectivity index (χ3n) is 3.80. The molecule has 15 nitrogen and oxygen atoms in total. The molecule has 1 aromatic carbocycles. The number of non-ortho nitro benzene ring substituents is 1. The number of anilines is 4. The molecule has 2 aromatic heterocycles. The fourth-order valence-electron chi connectivity index (χ4n) is 2.55. The predicted octanol–water partition coefficient (Wildman–Crippen LogP) is 1.07. The number of hydrogen-bond donors (Lipinski definition) is 3. The van der Waals surface area contributed by atoms with Crippen LogP contribution in [0.15, 0.2) is 33.5 Å². The summed E-state index contributed by atoms with van der Waals surface area (Å²) in [5.41, 5.74) is 5.97. The molecule has 0 spiro atoms. The van der Waals surface area contributed by atoms with Crippen LogP contribution in [0.3, 0.4) is 0 Å². The molecule has 3 aromatic rings. The van der Waals surface area contributed by atoms with Gasteiger partial charge in [0, 0.05) is 26.0 Å². The molecule has 156 valence electrons. The summed E-state index contributed by atoms with van der Waals surface area (Å²) in [6.07, 6.45) is -1.06. The first kappa shape index (κ1) is 20.2. The van der Waals surface area contributed by atoms with Gasteiger partial charge in [-0.3, -0.25) is 24.6 Å². The Balaban J connectivity index is 2.07. The van der Waals surface area contributed by atoms with E-state index in [0.29, 0.717) is 5.56 Å². The predicted molar refractivity (Wildman–Crippen MR) is 99.9 cm³/mol. The van der Waals surface area contributed by atoms with Crippen LogP contribution in [0.5, 0.6) is 0 Å². The smallest absolute Gasteiger partial charge is 0.269 e. The van der Waals surface area contributed by atoms with Crippen LogP contribution in [0.2, 0.25) is 0 Å². The second-order valence-electron chi connectivity index (χ2n) is 5.90. The molecule has 4 N–H and O–H groups in total. The number of carbonyl (C=O) groups is 2. The van der Waals surface area contributed by atoms with E-state index in [0.717, 1.165) is 4.90 Å². The first-order valence-corrected chi connectivity index (χ1v) is 8.26. The third kappa shape index (κ3) is 4.13. The van der Waals surface area contributed by atoms with Crippen LogP contribution in [0, 0.1) is 10.1 Å². The highest BCUT2D eigenvalue weighted by Gasteiger charge is 2.31. The molecule has 1 atom stereocenters. The van der Waals surface area contributed by atoms with Gasteiger partial charge < -0.3 is 16.4 Å². The third-order valence-corrected chi connectivity index (χ3v) is 3.80. The average molecular weight is 417 g/mol. The molecule has 1 unspecified atom stereocenters. The summed E-state index contributed by atoms with van der Waals surface area (Å²) in [5.74, 6) is -1.28. The van der Waals surface area contributed by atoms with Crippen molar-refractivity contribution < 1.29 is 23.8 Å². The number of nitrogen functional groups attached to an aromatic ring is 1. The molecular weight excluding hydrogens is 402 g/mol. The lowest BCUT2D eigenvalue weighted by molar-refractivity contribution is -0.384. The Morgan fingerprint density at radius 1 is 1.10 bits per heavy atom. The van der Waals surface area contributed by atoms with Crippen molar-refractivity contribution in [3.05, 3.63) is 39.9 Å².